The fourth-order valence-corrected chi connectivity index (χ4v) is 5.67. The van der Waals surface area contributed by atoms with E-state index in [4.69, 9.17) is 31.4 Å². The zero-order valence-electron chi connectivity index (χ0n) is 25.6. The maximum Gasteiger partial charge on any atom is 0.315 e. The molecule has 50 heavy (non-hydrogen) atoms. The first kappa shape index (κ1) is 39.3. The second-order valence-electron chi connectivity index (χ2n) is 11.5. The summed E-state index contributed by atoms with van der Waals surface area (Å²) in [6, 6.07) is 4.10. The van der Waals surface area contributed by atoms with Crippen LogP contribution in [0.3, 0.4) is 0 Å². The Hall–Kier alpha value is -3.48. The Bertz CT molecular complexity index is 1700. The van der Waals surface area contributed by atoms with Gasteiger partial charge in [0.15, 0.2) is 27.0 Å². The Morgan fingerprint density at radius 3 is 2.18 bits per heavy atom. The van der Waals surface area contributed by atoms with E-state index >= 15 is 4.39 Å². The number of aldehydes is 1. The highest BCUT2D eigenvalue weighted by Crippen LogP contribution is 2.48. The number of aliphatic hydroxyl groups is 11. The summed E-state index contributed by atoms with van der Waals surface area (Å²) >= 11 is 0. The number of hydrogen-bond donors (Lipinski definition) is 13. The number of nitrogens with zero attached hydrogens (tertiary/aromatic N) is 2. The number of fused-ring (bicyclic) bond motifs is 1. The Morgan fingerprint density at radius 1 is 1.02 bits per heavy atom. The average Bonchev–Trinajstić information content (AvgIpc) is 3.18. The van der Waals surface area contributed by atoms with Crippen LogP contribution in [-0.4, -0.2) is 151 Å². The predicted octanol–water partition coefficient (Wildman–Crippen LogP) is -7.32. The number of anilines is 1. The molecule has 2 aliphatic rings. The smallest absolute Gasteiger partial charge is 0.315 e. The van der Waals surface area contributed by atoms with Gasteiger partial charge in [0.05, 0.1) is 11.0 Å². The molecule has 1 fully saturated rings. The second kappa shape index (κ2) is 12.1. The first-order valence-corrected chi connectivity index (χ1v) is 13.9. The van der Waals surface area contributed by atoms with Gasteiger partial charge in [-0.1, -0.05) is 6.07 Å². The van der Waals surface area contributed by atoms with Crippen LogP contribution in [0.2, 0.25) is 0 Å². The lowest BCUT2D eigenvalue weighted by Crippen LogP contribution is -2.87. The molecule has 2 amide bonds. The van der Waals surface area contributed by atoms with Crippen molar-refractivity contribution in [3.63, 3.8) is 0 Å². The number of halogens is 1. The van der Waals surface area contributed by atoms with Crippen LogP contribution in [-0.2, 0) is 31.8 Å². The first-order chi connectivity index (χ1) is 22.6. The van der Waals surface area contributed by atoms with Gasteiger partial charge < -0.3 is 76.5 Å². The molecule has 0 spiro atoms. The molecule has 260 valence electrons. The molecule has 2 heterocycles. The molecule has 0 saturated carbocycles. The van der Waals surface area contributed by atoms with Gasteiger partial charge in [0.25, 0.3) is 23.6 Å². The Morgan fingerprint density at radius 2 is 1.62 bits per heavy atom. The third-order valence-corrected chi connectivity index (χ3v) is 8.13. The SMILES string of the molecule is [B]C(CCC=O)(C(=O)NC)N1C(=O)c2cccc(NC(O)(O)c3cc(C(O)(O)N4C([B])(O)C(O)(O)OC([B])(O)C4(O)O)ccc3F)c2C1([B])O. The van der Waals surface area contributed by atoms with Crippen molar-refractivity contribution in [2.24, 2.45) is 0 Å². The van der Waals surface area contributed by atoms with Crippen molar-refractivity contribution in [1.82, 2.24) is 15.1 Å². The maximum absolute atomic E-state index is 15.2. The average molecular weight is 698 g/mol. The molecule has 2 aromatic carbocycles. The Kier molecular flexibility index (Phi) is 9.48. The Labute approximate surface area is 285 Å². The quantitative estimate of drug-likeness (QED) is 0.0623. The van der Waals surface area contributed by atoms with Gasteiger partial charge in [-0.2, -0.15) is 4.90 Å². The Balaban J connectivity index is 1.82. The van der Waals surface area contributed by atoms with Crippen molar-refractivity contribution < 1.29 is 79.7 Å². The third-order valence-electron chi connectivity index (χ3n) is 8.13. The lowest BCUT2D eigenvalue weighted by molar-refractivity contribution is -0.592. The van der Waals surface area contributed by atoms with E-state index in [1.165, 1.54) is 0 Å². The van der Waals surface area contributed by atoms with Gasteiger partial charge in [0.1, 0.15) is 33.4 Å². The first-order valence-electron chi connectivity index (χ1n) is 13.9. The maximum atomic E-state index is 15.2. The van der Waals surface area contributed by atoms with E-state index in [2.05, 4.69) is 10.1 Å². The summed E-state index contributed by atoms with van der Waals surface area (Å²) in [5.41, 5.74) is -18.2. The molecular weight excluding hydrogens is 671 g/mol. The van der Waals surface area contributed by atoms with Crippen LogP contribution in [0.15, 0.2) is 36.4 Å². The van der Waals surface area contributed by atoms with Crippen molar-refractivity contribution >= 4 is 55.2 Å². The van der Waals surface area contributed by atoms with E-state index in [1.54, 1.807) is 0 Å². The minimum Gasteiger partial charge on any atom is -0.376 e. The third kappa shape index (κ3) is 5.71. The highest BCUT2D eigenvalue weighted by atomic mass is 19.1. The minimum atomic E-state index is -4.44. The van der Waals surface area contributed by atoms with Gasteiger partial charge in [0, 0.05) is 35.8 Å². The number of ether oxygens (including phenoxy) is 1. The van der Waals surface area contributed by atoms with Gasteiger partial charge in [0.2, 0.25) is 5.91 Å². The lowest BCUT2D eigenvalue weighted by Gasteiger charge is -2.61. The van der Waals surface area contributed by atoms with Gasteiger partial charge in [-0.15, -0.1) is 0 Å². The summed E-state index contributed by atoms with van der Waals surface area (Å²) in [5.74, 6) is -20.6. The number of hydrogen-bond acceptors (Lipinski definition) is 17. The molecule has 19 nitrogen and oxygen atoms in total. The molecule has 2 aliphatic heterocycles. The van der Waals surface area contributed by atoms with Crippen LogP contribution in [0.5, 0.6) is 0 Å². The summed E-state index contributed by atoms with van der Waals surface area (Å²) in [4.78, 5) is 36.8. The number of benzene rings is 2. The van der Waals surface area contributed by atoms with E-state index in [0.717, 1.165) is 25.2 Å². The van der Waals surface area contributed by atoms with Crippen LogP contribution >= 0.6 is 0 Å². The lowest BCUT2D eigenvalue weighted by atomic mass is 9.68. The number of likely N-dealkylation sites (N-methyl/N-ethyl adjacent to an activating group) is 1. The molecule has 24 heteroatoms. The fourth-order valence-electron chi connectivity index (χ4n) is 5.67. The molecule has 13 N–H and O–H groups in total. The summed E-state index contributed by atoms with van der Waals surface area (Å²) in [5, 5.41) is 121. The number of nitrogens with one attached hydrogen (secondary N) is 2. The van der Waals surface area contributed by atoms with E-state index in [9.17, 15) is 70.6 Å². The van der Waals surface area contributed by atoms with Crippen molar-refractivity contribution in [3.05, 3.63) is 64.5 Å². The van der Waals surface area contributed by atoms with Gasteiger partial charge in [-0.3, -0.25) is 14.3 Å². The van der Waals surface area contributed by atoms with Crippen LogP contribution in [0.1, 0.15) is 39.9 Å². The second-order valence-corrected chi connectivity index (χ2v) is 11.5. The summed E-state index contributed by atoms with van der Waals surface area (Å²) in [6.45, 7) is 0. The zero-order chi connectivity index (χ0) is 38.3. The monoisotopic (exact) mass is 698 g/mol. The van der Waals surface area contributed by atoms with E-state index in [1.807, 2.05) is 5.32 Å². The molecule has 4 unspecified atom stereocenters. The molecule has 4 rings (SSSR count). The molecule has 0 aliphatic carbocycles. The van der Waals surface area contributed by atoms with Crippen LogP contribution < -0.4 is 10.6 Å². The molecule has 4 atom stereocenters. The van der Waals surface area contributed by atoms with Crippen LogP contribution in [0.4, 0.5) is 10.1 Å². The number of morpholine rings is 1. The highest BCUT2D eigenvalue weighted by Gasteiger charge is 2.74. The van der Waals surface area contributed by atoms with Crippen molar-refractivity contribution in [1.29, 1.82) is 0 Å². The van der Waals surface area contributed by atoms with Crippen molar-refractivity contribution in [2.45, 2.75) is 58.9 Å². The molecule has 0 bridgehead atoms. The minimum absolute atomic E-state index is 0.182. The molecule has 1 saturated heterocycles. The number of carbonyl (C=O) groups is 3. The molecule has 0 aromatic heterocycles. The van der Waals surface area contributed by atoms with E-state index in [-0.39, 0.29) is 6.07 Å². The van der Waals surface area contributed by atoms with Crippen LogP contribution in [0, 0.1) is 5.82 Å². The van der Waals surface area contributed by atoms with E-state index in [0.29, 0.717) is 23.3 Å². The predicted molar refractivity (Wildman–Crippen MR) is 161 cm³/mol. The van der Waals surface area contributed by atoms with Gasteiger partial charge >= 0.3 is 5.97 Å². The van der Waals surface area contributed by atoms with Crippen molar-refractivity contribution in [3.8, 4) is 0 Å². The number of rotatable bonds is 10. The fraction of sp³-hybridized carbons (Fsp3) is 0.423. The number of amides is 2. The molecule has 2 aromatic rings. The topological polar surface area (TPSA) is 314 Å². The standard InChI is InChI=1S/C26H27B4FN4O15/c1-32-18(38)19(27,8-3-9-36)34-17(37)12-4-2-5-15(16(12)20(34,28)39)33-21(40,41)13-10-11(6-7-14(13)31)22(42,43)35-23(29,44)26(48,49)50-24(30,45)25(35,46)47/h2,4-7,9-10,33,39-49H,3,8H2,1H3,(H,32,38). The van der Waals surface area contributed by atoms with Crippen LogP contribution in [0.25, 0.3) is 0 Å². The van der Waals surface area contributed by atoms with Gasteiger partial charge in [-0.05, 0) is 36.8 Å². The summed E-state index contributed by atoms with van der Waals surface area (Å²) < 4.78 is 19.2. The molecular formula is C26H27B4FN4O15. The summed E-state index contributed by atoms with van der Waals surface area (Å²) in [7, 11) is 23.9. The van der Waals surface area contributed by atoms with Crippen molar-refractivity contribution in [2.75, 3.05) is 12.4 Å². The van der Waals surface area contributed by atoms with E-state index < -0.39 is 109 Å². The van der Waals surface area contributed by atoms with Gasteiger partial charge in [-0.25, -0.2) is 4.39 Å². The zero-order valence-corrected chi connectivity index (χ0v) is 25.6. The number of carbonyl (C=O) groups excluding carboxylic acids is 3. The molecule has 8 radical (unpaired) electrons. The summed E-state index contributed by atoms with van der Waals surface area (Å²) in [6.07, 6.45) is -0.572. The highest BCUT2D eigenvalue weighted by molar-refractivity contribution is 6.32. The largest absolute Gasteiger partial charge is 0.376 e. The normalized spacial score (nSPS) is 27.7.